The number of para-hydroxylation sites is 1. The third-order valence-corrected chi connectivity index (χ3v) is 12.5. The van der Waals surface area contributed by atoms with Gasteiger partial charge in [-0.3, -0.25) is 0 Å². The van der Waals surface area contributed by atoms with E-state index in [-0.39, 0.29) is 5.82 Å². The fourth-order valence-electron chi connectivity index (χ4n) is 9.41. The van der Waals surface area contributed by atoms with Gasteiger partial charge in [-0.15, -0.1) is 0 Å². The van der Waals surface area contributed by atoms with Crippen LogP contribution in [-0.2, 0) is 0 Å². The van der Waals surface area contributed by atoms with Crippen molar-refractivity contribution in [3.8, 4) is 67.5 Å². The summed E-state index contributed by atoms with van der Waals surface area (Å²) in [5.41, 5.74) is 10.7. The van der Waals surface area contributed by atoms with E-state index in [1.165, 1.54) is 10.8 Å². The van der Waals surface area contributed by atoms with Crippen LogP contribution >= 0.6 is 0 Å². The predicted octanol–water partition coefficient (Wildman–Crippen LogP) is 16.4. The molecule has 0 atom stereocenters. The first-order valence-electron chi connectivity index (χ1n) is 22.1. The molecule has 12 rings (SSSR count). The van der Waals surface area contributed by atoms with E-state index in [2.05, 4.69) is 78.9 Å². The number of hydrogen-bond donors (Lipinski definition) is 0. The molecule has 1 aromatic heterocycles. The third kappa shape index (κ3) is 6.91. The molecule has 0 radical (unpaired) electrons. The van der Waals surface area contributed by atoms with E-state index in [1.54, 1.807) is 6.07 Å². The van der Waals surface area contributed by atoms with E-state index < -0.39 is 0 Å². The van der Waals surface area contributed by atoms with Crippen LogP contribution in [0.1, 0.15) is 0 Å². The van der Waals surface area contributed by atoms with E-state index >= 15 is 4.39 Å². The number of aromatic nitrogens is 3. The van der Waals surface area contributed by atoms with E-state index in [0.29, 0.717) is 23.2 Å². The van der Waals surface area contributed by atoms with Crippen LogP contribution in [0.3, 0.4) is 0 Å². The molecule has 0 fully saturated rings. The first-order chi connectivity index (χ1) is 32.6. The molecular weight excluding hydrogens is 808 g/mol. The molecular formula is C61H39FN4. The summed E-state index contributed by atoms with van der Waals surface area (Å²) in [4.78, 5) is 17.2. The first-order valence-corrected chi connectivity index (χ1v) is 22.1. The van der Waals surface area contributed by atoms with Gasteiger partial charge in [-0.2, -0.15) is 0 Å². The zero-order valence-electron chi connectivity index (χ0n) is 35.7. The Bertz CT molecular complexity index is 3620. The lowest BCUT2D eigenvalue weighted by Gasteiger charge is -2.29. The zero-order valence-corrected chi connectivity index (χ0v) is 35.7. The maximum Gasteiger partial charge on any atom is 0.164 e. The van der Waals surface area contributed by atoms with Crippen molar-refractivity contribution in [2.24, 2.45) is 0 Å². The summed E-state index contributed by atoms with van der Waals surface area (Å²) in [5.74, 6) is 1.58. The molecule has 0 N–H and O–H groups in total. The van der Waals surface area contributed by atoms with Gasteiger partial charge in [0.25, 0.3) is 0 Å². The van der Waals surface area contributed by atoms with Crippen molar-refractivity contribution in [3.05, 3.63) is 242 Å². The lowest BCUT2D eigenvalue weighted by atomic mass is 9.88. The van der Waals surface area contributed by atoms with Gasteiger partial charge in [-0.1, -0.05) is 194 Å². The summed E-state index contributed by atoms with van der Waals surface area (Å²) in [6.07, 6.45) is 0. The molecule has 0 amide bonds. The Balaban J connectivity index is 0.991. The SMILES string of the molecule is Fc1cc(-c2ccccc2)cc(-c2ccccc2)c1N(c1ccccc1)c1ccc(-c2ccc3ccc4c(-c5nc(-c6ccccc6)nc(-c6ccccc6)n5)ccc5ccc2c3c54)cc1. The van der Waals surface area contributed by atoms with Crippen LogP contribution in [-0.4, -0.2) is 15.0 Å². The largest absolute Gasteiger partial charge is 0.307 e. The Hall–Kier alpha value is -8.80. The van der Waals surface area contributed by atoms with Crippen LogP contribution in [0.2, 0.25) is 0 Å². The molecule has 0 unspecified atom stereocenters. The minimum atomic E-state index is -0.306. The highest BCUT2D eigenvalue weighted by Crippen LogP contribution is 2.46. The standard InChI is InChI=1S/C61H39FN4/c62-55-39-47(40-16-6-1-7-17-40)38-54(41-18-8-2-9-19-41)58(55)66(48-24-14-5-15-25-48)49-32-26-42(27-33-49)50-34-28-43-30-36-52-53(37-31-44-29-35-51(50)56(43)57(44)52)61-64-59(45-20-10-3-11-21-45)63-60(65-61)46-22-12-4-13-23-46/h1-39H. The number of anilines is 3. The highest BCUT2D eigenvalue weighted by molar-refractivity contribution is 6.27. The molecule has 5 heteroatoms. The summed E-state index contributed by atoms with van der Waals surface area (Å²) < 4.78 is 17.1. The maximum atomic E-state index is 17.1. The molecule has 11 aromatic carbocycles. The Labute approximate surface area is 381 Å². The number of halogens is 1. The predicted molar refractivity (Wildman–Crippen MR) is 271 cm³/mol. The van der Waals surface area contributed by atoms with Crippen LogP contribution in [0.5, 0.6) is 0 Å². The average Bonchev–Trinajstić information content (AvgIpc) is 3.39. The van der Waals surface area contributed by atoms with Crippen molar-refractivity contribution in [3.63, 3.8) is 0 Å². The van der Waals surface area contributed by atoms with Gasteiger partial charge < -0.3 is 4.90 Å². The molecule has 12 aromatic rings. The molecule has 4 nitrogen and oxygen atoms in total. The van der Waals surface area contributed by atoms with Crippen LogP contribution < -0.4 is 4.90 Å². The highest BCUT2D eigenvalue weighted by Gasteiger charge is 2.24. The summed E-state index contributed by atoms with van der Waals surface area (Å²) in [6, 6.07) is 80.2. The van der Waals surface area contributed by atoms with Gasteiger partial charge in [0.2, 0.25) is 0 Å². The monoisotopic (exact) mass is 846 g/mol. The second-order valence-corrected chi connectivity index (χ2v) is 16.5. The first kappa shape index (κ1) is 38.8. The fraction of sp³-hybridized carbons (Fsp3) is 0. The highest BCUT2D eigenvalue weighted by atomic mass is 19.1. The number of nitrogens with zero attached hydrogens (tertiary/aromatic N) is 4. The van der Waals surface area contributed by atoms with Crippen LogP contribution in [0.4, 0.5) is 21.5 Å². The second kappa shape index (κ2) is 16.4. The van der Waals surface area contributed by atoms with E-state index in [4.69, 9.17) is 15.0 Å². The quantitative estimate of drug-likeness (QED) is 0.136. The summed E-state index contributed by atoms with van der Waals surface area (Å²) >= 11 is 0. The van der Waals surface area contributed by atoms with Crippen molar-refractivity contribution in [1.82, 2.24) is 15.0 Å². The zero-order chi connectivity index (χ0) is 44.0. The average molecular weight is 847 g/mol. The summed E-state index contributed by atoms with van der Waals surface area (Å²) in [5, 5.41) is 6.89. The molecule has 310 valence electrons. The molecule has 0 aliphatic heterocycles. The Kier molecular flexibility index (Phi) is 9.65. The van der Waals surface area contributed by atoms with Crippen LogP contribution in [0.25, 0.3) is 99.9 Å². The molecule has 1 heterocycles. The topological polar surface area (TPSA) is 41.9 Å². The van der Waals surface area contributed by atoms with Crippen molar-refractivity contribution < 1.29 is 4.39 Å². The minimum Gasteiger partial charge on any atom is -0.307 e. The van der Waals surface area contributed by atoms with Crippen molar-refractivity contribution >= 4 is 49.4 Å². The molecule has 0 bridgehead atoms. The van der Waals surface area contributed by atoms with Crippen molar-refractivity contribution in [2.75, 3.05) is 4.90 Å². The van der Waals surface area contributed by atoms with Gasteiger partial charge >= 0.3 is 0 Å². The van der Waals surface area contributed by atoms with Gasteiger partial charge in [-0.05, 0) is 103 Å². The molecule has 0 saturated carbocycles. The lowest BCUT2D eigenvalue weighted by Crippen LogP contribution is -2.13. The number of rotatable bonds is 9. The third-order valence-electron chi connectivity index (χ3n) is 12.5. The van der Waals surface area contributed by atoms with Gasteiger partial charge in [-0.25, -0.2) is 19.3 Å². The molecule has 66 heavy (non-hydrogen) atoms. The molecule has 0 aliphatic carbocycles. The Morgan fingerprint density at radius 1 is 0.303 bits per heavy atom. The van der Waals surface area contributed by atoms with E-state index in [1.807, 2.05) is 157 Å². The van der Waals surface area contributed by atoms with E-state index in [9.17, 15) is 0 Å². The van der Waals surface area contributed by atoms with E-state index in [0.717, 1.165) is 83.0 Å². The number of benzene rings is 11. The van der Waals surface area contributed by atoms with Gasteiger partial charge in [0.05, 0.1) is 5.69 Å². The van der Waals surface area contributed by atoms with Gasteiger partial charge in [0.1, 0.15) is 5.82 Å². The van der Waals surface area contributed by atoms with Crippen molar-refractivity contribution in [1.29, 1.82) is 0 Å². The number of hydrogen-bond acceptors (Lipinski definition) is 4. The van der Waals surface area contributed by atoms with Gasteiger partial charge in [0.15, 0.2) is 17.5 Å². The summed E-state index contributed by atoms with van der Waals surface area (Å²) in [7, 11) is 0. The Morgan fingerprint density at radius 3 is 1.29 bits per heavy atom. The van der Waals surface area contributed by atoms with Crippen molar-refractivity contribution in [2.45, 2.75) is 0 Å². The summed E-state index contributed by atoms with van der Waals surface area (Å²) in [6.45, 7) is 0. The molecule has 0 aliphatic rings. The normalized spacial score (nSPS) is 11.4. The Morgan fingerprint density at radius 2 is 0.727 bits per heavy atom. The smallest absolute Gasteiger partial charge is 0.164 e. The molecule has 0 spiro atoms. The minimum absolute atomic E-state index is 0.306. The second-order valence-electron chi connectivity index (χ2n) is 16.5. The lowest BCUT2D eigenvalue weighted by molar-refractivity contribution is 0.630. The maximum absolute atomic E-state index is 17.1. The fourth-order valence-corrected chi connectivity index (χ4v) is 9.41. The molecule has 0 saturated heterocycles. The van der Waals surface area contributed by atoms with Gasteiger partial charge in [0, 0.05) is 33.6 Å². The van der Waals surface area contributed by atoms with Crippen LogP contribution in [0, 0.1) is 5.82 Å². The van der Waals surface area contributed by atoms with Crippen LogP contribution in [0.15, 0.2) is 237 Å².